The normalized spacial score (nSPS) is 12.0. The molecule has 0 aliphatic carbocycles. The van der Waals surface area contributed by atoms with Crippen LogP contribution in [0.4, 0.5) is 17.1 Å². The van der Waals surface area contributed by atoms with Crippen molar-refractivity contribution < 1.29 is 0 Å². The summed E-state index contributed by atoms with van der Waals surface area (Å²) in [6, 6.07) is 62.4. The number of rotatable bonds is 4. The van der Waals surface area contributed by atoms with Gasteiger partial charge in [0.1, 0.15) is 0 Å². The van der Waals surface area contributed by atoms with Gasteiger partial charge in [-0.2, -0.15) is 0 Å². The SMILES string of the molecule is c1ccc(-n2c3ccccc3c3ccc(N(c4cccc5c4sc4ccccc45)c4c5ccccc5cc5sc6ccccc6c45)cc32)cc1. The van der Waals surface area contributed by atoms with Crippen LogP contribution in [0.2, 0.25) is 0 Å². The standard InChI is InChI=1S/C46H28N2S2/c1-2-14-30(15-3-1)47-38-21-9-6-17-33(38)34-26-25-31(28-40(34)47)48(39-22-12-20-36-35-18-7-10-23-41(35)50-46(36)39)45-32-16-5-4-13-29(32)27-43-44(45)37-19-8-11-24-42(37)49-43/h1-28H. The Hall–Kier alpha value is -5.94. The van der Waals surface area contributed by atoms with E-state index in [1.165, 1.54) is 84.3 Å². The van der Waals surface area contributed by atoms with Gasteiger partial charge in [0.15, 0.2) is 0 Å². The van der Waals surface area contributed by atoms with E-state index in [0.717, 1.165) is 11.4 Å². The molecule has 2 nitrogen and oxygen atoms in total. The molecule has 11 aromatic rings. The van der Waals surface area contributed by atoms with Crippen molar-refractivity contribution in [3.05, 3.63) is 170 Å². The van der Waals surface area contributed by atoms with Crippen LogP contribution in [0, 0.1) is 0 Å². The van der Waals surface area contributed by atoms with Crippen molar-refractivity contribution in [1.29, 1.82) is 0 Å². The van der Waals surface area contributed by atoms with Gasteiger partial charge in [-0.25, -0.2) is 0 Å². The molecule has 3 heterocycles. The fraction of sp³-hybridized carbons (Fsp3) is 0. The monoisotopic (exact) mass is 672 g/mol. The molecule has 0 aliphatic heterocycles. The first kappa shape index (κ1) is 28.0. The molecule has 0 N–H and O–H groups in total. The van der Waals surface area contributed by atoms with Gasteiger partial charge in [-0.3, -0.25) is 0 Å². The maximum atomic E-state index is 2.56. The summed E-state index contributed by atoms with van der Waals surface area (Å²) in [4.78, 5) is 2.56. The Kier molecular flexibility index (Phi) is 6.03. The molecule has 3 aromatic heterocycles. The van der Waals surface area contributed by atoms with E-state index in [1.54, 1.807) is 0 Å². The highest BCUT2D eigenvalue weighted by molar-refractivity contribution is 7.26. The highest BCUT2D eigenvalue weighted by Crippen LogP contribution is 2.52. The van der Waals surface area contributed by atoms with Gasteiger partial charge in [0.25, 0.3) is 0 Å². The molecular formula is C46H28N2S2. The van der Waals surface area contributed by atoms with Gasteiger partial charge < -0.3 is 9.47 Å². The van der Waals surface area contributed by atoms with Crippen LogP contribution in [0.3, 0.4) is 0 Å². The van der Waals surface area contributed by atoms with Gasteiger partial charge in [-0.05, 0) is 60.0 Å². The van der Waals surface area contributed by atoms with E-state index < -0.39 is 0 Å². The van der Waals surface area contributed by atoms with E-state index in [9.17, 15) is 0 Å². The Morgan fingerprint density at radius 2 is 1.08 bits per heavy atom. The summed E-state index contributed by atoms with van der Waals surface area (Å²) in [5.74, 6) is 0. The van der Waals surface area contributed by atoms with Crippen molar-refractivity contribution in [3.63, 3.8) is 0 Å². The third-order valence-corrected chi connectivity index (χ3v) is 12.5. The first-order chi connectivity index (χ1) is 24.8. The average molecular weight is 673 g/mol. The van der Waals surface area contributed by atoms with Gasteiger partial charge >= 0.3 is 0 Å². The third-order valence-electron chi connectivity index (χ3n) is 10.1. The molecule has 0 unspecified atom stereocenters. The fourth-order valence-corrected chi connectivity index (χ4v) is 10.4. The van der Waals surface area contributed by atoms with Crippen LogP contribution >= 0.6 is 22.7 Å². The van der Waals surface area contributed by atoms with Gasteiger partial charge in [0, 0.05) is 63.2 Å². The summed E-state index contributed by atoms with van der Waals surface area (Å²) in [6.07, 6.45) is 0. The molecule has 0 saturated carbocycles. The van der Waals surface area contributed by atoms with Crippen molar-refractivity contribution in [2.75, 3.05) is 4.90 Å². The number of hydrogen-bond acceptors (Lipinski definition) is 3. The molecule has 8 aromatic carbocycles. The van der Waals surface area contributed by atoms with Gasteiger partial charge in [0.2, 0.25) is 0 Å². The second-order valence-corrected chi connectivity index (χ2v) is 15.0. The summed E-state index contributed by atoms with van der Waals surface area (Å²) in [7, 11) is 0. The van der Waals surface area contributed by atoms with Gasteiger partial charge in [0.05, 0.1) is 27.1 Å². The highest BCUT2D eigenvalue weighted by atomic mass is 32.1. The predicted octanol–water partition coefficient (Wildman–Crippen LogP) is 14.1. The van der Waals surface area contributed by atoms with Crippen LogP contribution in [0.25, 0.3) is 78.6 Å². The lowest BCUT2D eigenvalue weighted by molar-refractivity contribution is 1.18. The van der Waals surface area contributed by atoms with E-state index in [2.05, 4.69) is 179 Å². The summed E-state index contributed by atoms with van der Waals surface area (Å²) in [6.45, 7) is 0. The minimum atomic E-state index is 1.13. The second kappa shape index (κ2) is 10.8. The van der Waals surface area contributed by atoms with E-state index in [0.29, 0.717) is 0 Å². The zero-order valence-electron chi connectivity index (χ0n) is 26.9. The van der Waals surface area contributed by atoms with Crippen molar-refractivity contribution in [3.8, 4) is 5.69 Å². The molecule has 0 fully saturated rings. The lowest BCUT2D eigenvalue weighted by Crippen LogP contribution is -2.11. The molecule has 11 rings (SSSR count). The van der Waals surface area contributed by atoms with E-state index in [1.807, 2.05) is 22.7 Å². The molecule has 0 saturated heterocycles. The molecular weight excluding hydrogens is 645 g/mol. The predicted molar refractivity (Wildman–Crippen MR) is 219 cm³/mol. The van der Waals surface area contributed by atoms with Crippen molar-refractivity contribution in [2.24, 2.45) is 0 Å². The number of benzene rings is 8. The summed E-state index contributed by atoms with van der Waals surface area (Å²) in [5.41, 5.74) is 7.11. The van der Waals surface area contributed by atoms with Crippen LogP contribution in [0.1, 0.15) is 0 Å². The number of nitrogens with zero attached hydrogens (tertiary/aromatic N) is 2. The largest absolute Gasteiger partial charge is 0.309 e. The first-order valence-electron chi connectivity index (χ1n) is 16.9. The quantitative estimate of drug-likeness (QED) is 0.181. The van der Waals surface area contributed by atoms with Crippen molar-refractivity contribution >= 4 is 113 Å². The Morgan fingerprint density at radius 1 is 0.420 bits per heavy atom. The number of anilines is 3. The summed E-state index contributed by atoms with van der Waals surface area (Å²) in [5, 5.41) is 10.2. The summed E-state index contributed by atoms with van der Waals surface area (Å²) < 4.78 is 7.62. The minimum absolute atomic E-state index is 1.13. The summed E-state index contributed by atoms with van der Waals surface area (Å²) >= 11 is 3.77. The lowest BCUT2D eigenvalue weighted by Gasteiger charge is -2.29. The second-order valence-electron chi connectivity index (χ2n) is 12.9. The minimum Gasteiger partial charge on any atom is -0.309 e. The zero-order valence-corrected chi connectivity index (χ0v) is 28.5. The molecule has 4 heteroatoms. The first-order valence-corrected chi connectivity index (χ1v) is 18.6. The third kappa shape index (κ3) is 4.01. The fourth-order valence-electron chi connectivity index (χ4n) is 8.01. The molecule has 0 spiro atoms. The molecule has 0 atom stereocenters. The van der Waals surface area contributed by atoms with Crippen molar-refractivity contribution in [1.82, 2.24) is 4.57 Å². The number of aromatic nitrogens is 1. The number of thiophene rings is 2. The van der Waals surface area contributed by atoms with Gasteiger partial charge in [-0.1, -0.05) is 115 Å². The highest BCUT2D eigenvalue weighted by Gasteiger charge is 2.25. The van der Waals surface area contributed by atoms with Crippen LogP contribution in [-0.2, 0) is 0 Å². The van der Waals surface area contributed by atoms with E-state index in [-0.39, 0.29) is 0 Å². The molecule has 50 heavy (non-hydrogen) atoms. The lowest BCUT2D eigenvalue weighted by atomic mass is 10.0. The van der Waals surface area contributed by atoms with Crippen molar-refractivity contribution in [2.45, 2.75) is 0 Å². The van der Waals surface area contributed by atoms with Crippen LogP contribution < -0.4 is 4.90 Å². The molecule has 0 amide bonds. The Bertz CT molecular complexity index is 3110. The Morgan fingerprint density at radius 3 is 1.94 bits per heavy atom. The topological polar surface area (TPSA) is 8.17 Å². The van der Waals surface area contributed by atoms with Crippen LogP contribution in [0.5, 0.6) is 0 Å². The maximum absolute atomic E-state index is 2.56. The molecule has 0 bridgehead atoms. The van der Waals surface area contributed by atoms with Gasteiger partial charge in [-0.15, -0.1) is 22.7 Å². The molecule has 0 aliphatic rings. The number of hydrogen-bond donors (Lipinski definition) is 0. The number of para-hydroxylation sites is 2. The van der Waals surface area contributed by atoms with Crippen LogP contribution in [-0.4, -0.2) is 4.57 Å². The molecule has 234 valence electrons. The Balaban J connectivity index is 1.32. The van der Waals surface area contributed by atoms with E-state index >= 15 is 0 Å². The maximum Gasteiger partial charge on any atom is 0.0640 e. The Labute approximate surface area is 296 Å². The van der Waals surface area contributed by atoms with E-state index in [4.69, 9.17) is 0 Å². The zero-order chi connectivity index (χ0) is 32.8. The molecule has 0 radical (unpaired) electrons. The number of fused-ring (bicyclic) bond motifs is 10. The average Bonchev–Trinajstić information content (AvgIpc) is 3.84. The van der Waals surface area contributed by atoms with Crippen LogP contribution in [0.15, 0.2) is 170 Å². The smallest absolute Gasteiger partial charge is 0.0640 e.